The van der Waals surface area contributed by atoms with E-state index in [1.165, 1.54) is 23.5 Å². The molecule has 2 amide bonds. The van der Waals surface area contributed by atoms with Gasteiger partial charge in [-0.3, -0.25) is 9.59 Å². The number of aromatic nitrogens is 1. The minimum Gasteiger partial charge on any atom is -0.326 e. The van der Waals surface area contributed by atoms with Crippen molar-refractivity contribution >= 4 is 34.5 Å². The molecule has 0 saturated carbocycles. The largest absolute Gasteiger partial charge is 0.416 e. The van der Waals surface area contributed by atoms with Crippen LogP contribution in [0.2, 0.25) is 0 Å². The molecule has 0 radical (unpaired) electrons. The van der Waals surface area contributed by atoms with Crippen LogP contribution in [-0.4, -0.2) is 16.8 Å². The molecular formula is C25H18F3N3O2S. The van der Waals surface area contributed by atoms with Gasteiger partial charge in [-0.15, -0.1) is 11.3 Å². The van der Waals surface area contributed by atoms with Crippen molar-refractivity contribution in [1.82, 2.24) is 4.98 Å². The number of hydrogen-bond acceptors (Lipinski definition) is 4. The SMILES string of the molecule is O=C(Cc1csc(-c2ccc(C(F)(F)F)cc2)n1)Nc1cccc(NC(=O)c2ccccc2)c1. The summed E-state index contributed by atoms with van der Waals surface area (Å²) >= 11 is 1.25. The van der Waals surface area contributed by atoms with Crippen LogP contribution in [0.15, 0.2) is 84.2 Å². The molecule has 0 aliphatic carbocycles. The average Bonchev–Trinajstić information content (AvgIpc) is 3.27. The summed E-state index contributed by atoms with van der Waals surface area (Å²) in [5.41, 5.74) is 1.88. The van der Waals surface area contributed by atoms with E-state index in [9.17, 15) is 22.8 Å². The second-order valence-electron chi connectivity index (χ2n) is 7.35. The third kappa shape index (κ3) is 5.87. The zero-order valence-corrected chi connectivity index (χ0v) is 18.4. The smallest absolute Gasteiger partial charge is 0.326 e. The Balaban J connectivity index is 1.37. The summed E-state index contributed by atoms with van der Waals surface area (Å²) in [4.78, 5) is 29.2. The van der Waals surface area contributed by atoms with E-state index >= 15 is 0 Å². The standard InChI is InChI=1S/C25H18F3N3O2S/c26-25(27,28)18-11-9-17(10-12-18)24-31-21(15-34-24)14-22(32)29-19-7-4-8-20(13-19)30-23(33)16-5-2-1-3-6-16/h1-13,15H,14H2,(H,29,32)(H,30,33). The number of anilines is 2. The van der Waals surface area contributed by atoms with Crippen molar-refractivity contribution in [3.63, 3.8) is 0 Å². The maximum Gasteiger partial charge on any atom is 0.416 e. The Labute approximate surface area is 197 Å². The number of nitrogens with one attached hydrogen (secondary N) is 2. The predicted octanol–water partition coefficient (Wildman–Crippen LogP) is 6.26. The highest BCUT2D eigenvalue weighted by Gasteiger charge is 2.30. The van der Waals surface area contributed by atoms with Gasteiger partial charge in [0.15, 0.2) is 0 Å². The van der Waals surface area contributed by atoms with Crippen molar-refractivity contribution in [2.24, 2.45) is 0 Å². The van der Waals surface area contributed by atoms with Gasteiger partial charge < -0.3 is 10.6 Å². The molecule has 0 atom stereocenters. The Kier molecular flexibility index (Phi) is 6.74. The monoisotopic (exact) mass is 481 g/mol. The molecule has 34 heavy (non-hydrogen) atoms. The van der Waals surface area contributed by atoms with Crippen molar-refractivity contribution in [3.05, 3.63) is 101 Å². The molecule has 2 N–H and O–H groups in total. The third-order valence-corrected chi connectivity index (χ3v) is 5.73. The number of carbonyl (C=O) groups excluding carboxylic acids is 2. The Morgan fingerprint density at radius 1 is 0.853 bits per heavy atom. The predicted molar refractivity (Wildman–Crippen MR) is 126 cm³/mol. The number of rotatable bonds is 6. The molecule has 0 saturated heterocycles. The molecule has 0 bridgehead atoms. The molecule has 4 rings (SSSR count). The lowest BCUT2D eigenvalue weighted by molar-refractivity contribution is -0.137. The van der Waals surface area contributed by atoms with Crippen LogP contribution >= 0.6 is 11.3 Å². The second kappa shape index (κ2) is 9.88. The Bertz CT molecular complexity index is 1300. The van der Waals surface area contributed by atoms with E-state index in [4.69, 9.17) is 0 Å². The molecule has 172 valence electrons. The summed E-state index contributed by atoms with van der Waals surface area (Å²) in [6.45, 7) is 0. The first-order chi connectivity index (χ1) is 16.3. The van der Waals surface area contributed by atoms with Crippen molar-refractivity contribution in [2.75, 3.05) is 10.6 Å². The number of carbonyl (C=O) groups is 2. The topological polar surface area (TPSA) is 71.1 Å². The van der Waals surface area contributed by atoms with Crippen molar-refractivity contribution in [1.29, 1.82) is 0 Å². The lowest BCUT2D eigenvalue weighted by Crippen LogP contribution is -2.15. The Hall–Kier alpha value is -3.98. The van der Waals surface area contributed by atoms with Crippen molar-refractivity contribution < 1.29 is 22.8 Å². The summed E-state index contributed by atoms with van der Waals surface area (Å²) in [5, 5.41) is 7.78. The van der Waals surface area contributed by atoms with Crippen LogP contribution in [0.3, 0.4) is 0 Å². The first-order valence-electron chi connectivity index (χ1n) is 10.2. The Morgan fingerprint density at radius 2 is 1.53 bits per heavy atom. The zero-order valence-electron chi connectivity index (χ0n) is 17.6. The highest BCUT2D eigenvalue weighted by molar-refractivity contribution is 7.13. The molecule has 0 fully saturated rings. The maximum absolute atomic E-state index is 12.7. The van der Waals surface area contributed by atoms with Crippen LogP contribution in [0, 0.1) is 0 Å². The number of alkyl halides is 3. The third-order valence-electron chi connectivity index (χ3n) is 4.79. The molecule has 3 aromatic carbocycles. The lowest BCUT2D eigenvalue weighted by atomic mass is 10.1. The van der Waals surface area contributed by atoms with E-state index in [2.05, 4.69) is 15.6 Å². The summed E-state index contributed by atoms with van der Waals surface area (Å²) in [5.74, 6) is -0.571. The number of thiazole rings is 1. The Morgan fingerprint density at radius 3 is 2.21 bits per heavy atom. The zero-order chi connectivity index (χ0) is 24.1. The quantitative estimate of drug-likeness (QED) is 0.341. The van der Waals surface area contributed by atoms with Crippen LogP contribution in [-0.2, 0) is 17.4 Å². The van der Waals surface area contributed by atoms with Crippen LogP contribution in [0.25, 0.3) is 10.6 Å². The average molecular weight is 481 g/mol. The van der Waals surface area contributed by atoms with Gasteiger partial charge >= 0.3 is 6.18 Å². The first-order valence-corrected chi connectivity index (χ1v) is 11.0. The van der Waals surface area contributed by atoms with Crippen LogP contribution in [0.4, 0.5) is 24.5 Å². The molecule has 0 unspecified atom stereocenters. The minimum absolute atomic E-state index is 0.00225. The van der Waals surface area contributed by atoms with Crippen molar-refractivity contribution in [3.8, 4) is 10.6 Å². The van der Waals surface area contributed by atoms with Gasteiger partial charge in [0, 0.05) is 27.9 Å². The lowest BCUT2D eigenvalue weighted by Gasteiger charge is -2.09. The number of halogens is 3. The molecule has 0 aliphatic rings. The number of amides is 2. The summed E-state index contributed by atoms with van der Waals surface area (Å²) < 4.78 is 38.2. The van der Waals surface area contributed by atoms with E-state index < -0.39 is 11.7 Å². The fourth-order valence-electron chi connectivity index (χ4n) is 3.16. The molecule has 5 nitrogen and oxygen atoms in total. The van der Waals surface area contributed by atoms with Gasteiger partial charge in [-0.05, 0) is 42.5 Å². The van der Waals surface area contributed by atoms with Gasteiger partial charge in [0.2, 0.25) is 5.91 Å². The summed E-state index contributed by atoms with van der Waals surface area (Å²) in [7, 11) is 0. The minimum atomic E-state index is -4.40. The fourth-order valence-corrected chi connectivity index (χ4v) is 3.99. The second-order valence-corrected chi connectivity index (χ2v) is 8.20. The molecule has 4 aromatic rings. The number of benzene rings is 3. The van der Waals surface area contributed by atoms with E-state index in [-0.39, 0.29) is 18.2 Å². The van der Waals surface area contributed by atoms with Crippen LogP contribution in [0.1, 0.15) is 21.6 Å². The first kappa shape index (κ1) is 23.2. The molecule has 0 spiro atoms. The van der Waals surface area contributed by atoms with Crippen molar-refractivity contribution in [2.45, 2.75) is 12.6 Å². The van der Waals surface area contributed by atoms with Gasteiger partial charge in [0.05, 0.1) is 17.7 Å². The highest BCUT2D eigenvalue weighted by atomic mass is 32.1. The van der Waals surface area contributed by atoms with Gasteiger partial charge in [-0.2, -0.15) is 13.2 Å². The van der Waals surface area contributed by atoms with Gasteiger partial charge in [-0.25, -0.2) is 4.98 Å². The van der Waals surface area contributed by atoms with E-state index in [0.717, 1.165) is 12.1 Å². The number of hydrogen-bond donors (Lipinski definition) is 2. The molecule has 0 aliphatic heterocycles. The van der Waals surface area contributed by atoms with Crippen LogP contribution in [0.5, 0.6) is 0 Å². The van der Waals surface area contributed by atoms with E-state index in [0.29, 0.717) is 33.2 Å². The van der Waals surface area contributed by atoms with E-state index in [1.807, 2.05) is 6.07 Å². The van der Waals surface area contributed by atoms with E-state index in [1.54, 1.807) is 53.9 Å². The number of nitrogens with zero attached hydrogens (tertiary/aromatic N) is 1. The van der Waals surface area contributed by atoms with Gasteiger partial charge in [0.1, 0.15) is 5.01 Å². The van der Waals surface area contributed by atoms with Gasteiger partial charge in [-0.1, -0.05) is 36.4 Å². The molecule has 1 heterocycles. The normalized spacial score (nSPS) is 11.1. The fraction of sp³-hybridized carbons (Fsp3) is 0.0800. The molecule has 1 aromatic heterocycles. The molecular weight excluding hydrogens is 463 g/mol. The summed E-state index contributed by atoms with van der Waals surface area (Å²) in [6.07, 6.45) is -4.40. The molecule has 9 heteroatoms. The van der Waals surface area contributed by atoms with Crippen LogP contribution < -0.4 is 10.6 Å². The van der Waals surface area contributed by atoms with Gasteiger partial charge in [0.25, 0.3) is 5.91 Å². The highest BCUT2D eigenvalue weighted by Crippen LogP contribution is 2.31. The summed E-state index contributed by atoms with van der Waals surface area (Å²) in [6, 6.07) is 20.3. The maximum atomic E-state index is 12.7.